The number of aromatic nitrogens is 4. The number of aryl methyl sites for hydroxylation is 1. The van der Waals surface area contributed by atoms with Crippen LogP contribution in [0, 0.1) is 6.92 Å². The fourth-order valence-electron chi connectivity index (χ4n) is 1.80. The number of aliphatic carboxylic acids is 1. The van der Waals surface area contributed by atoms with Crippen LogP contribution in [-0.4, -0.2) is 31.3 Å². The Morgan fingerprint density at radius 3 is 2.89 bits per heavy atom. The second kappa shape index (κ2) is 5.48. The lowest BCUT2D eigenvalue weighted by atomic mass is 10.1. The summed E-state index contributed by atoms with van der Waals surface area (Å²) in [4.78, 5) is 10.8. The van der Waals surface area contributed by atoms with E-state index >= 15 is 0 Å². The molecular weight excluding hydrogens is 312 g/mol. The summed E-state index contributed by atoms with van der Waals surface area (Å²) in [7, 11) is 0. The van der Waals surface area contributed by atoms with Crippen molar-refractivity contribution in [3.05, 3.63) is 28.2 Å². The lowest BCUT2D eigenvalue weighted by molar-refractivity contribution is -0.137. The van der Waals surface area contributed by atoms with Crippen molar-refractivity contribution in [1.82, 2.24) is 20.2 Å². The second-order valence-electron chi connectivity index (χ2n) is 4.36. The molecule has 0 bridgehead atoms. The SMILES string of the molecule is Cc1cc(-c2nnnn2C(C)CC(=O)O)ccc1Br. The van der Waals surface area contributed by atoms with Crippen LogP contribution in [0.5, 0.6) is 0 Å². The first-order valence-electron chi connectivity index (χ1n) is 5.75. The number of tetrazole rings is 1. The molecule has 1 unspecified atom stereocenters. The standard InChI is InChI=1S/C12H13BrN4O2/c1-7-5-9(3-4-10(7)13)12-14-15-16-17(12)8(2)6-11(18)19/h3-5,8H,6H2,1-2H3,(H,18,19). The molecule has 0 fully saturated rings. The highest BCUT2D eigenvalue weighted by Gasteiger charge is 2.17. The first-order valence-corrected chi connectivity index (χ1v) is 6.54. The third-order valence-electron chi connectivity index (χ3n) is 2.80. The van der Waals surface area contributed by atoms with Gasteiger partial charge in [0, 0.05) is 10.0 Å². The molecule has 0 amide bonds. The van der Waals surface area contributed by atoms with Crippen LogP contribution in [0.2, 0.25) is 0 Å². The monoisotopic (exact) mass is 324 g/mol. The molecule has 1 N–H and O–H groups in total. The Labute approximate surface area is 118 Å². The average Bonchev–Trinajstić information content (AvgIpc) is 2.81. The van der Waals surface area contributed by atoms with Gasteiger partial charge in [0.2, 0.25) is 0 Å². The van der Waals surface area contributed by atoms with Gasteiger partial charge < -0.3 is 5.11 Å². The molecule has 2 rings (SSSR count). The van der Waals surface area contributed by atoms with Crippen molar-refractivity contribution in [2.45, 2.75) is 26.3 Å². The maximum absolute atomic E-state index is 10.8. The molecule has 1 atom stereocenters. The van der Waals surface area contributed by atoms with Crippen LogP contribution >= 0.6 is 15.9 Å². The predicted octanol–water partition coefficient (Wildman–Crippen LogP) is 2.45. The molecule has 1 aromatic carbocycles. The zero-order valence-electron chi connectivity index (χ0n) is 10.5. The second-order valence-corrected chi connectivity index (χ2v) is 5.21. The summed E-state index contributed by atoms with van der Waals surface area (Å²) in [5.74, 6) is -0.301. The summed E-state index contributed by atoms with van der Waals surface area (Å²) in [5.41, 5.74) is 1.93. The zero-order valence-corrected chi connectivity index (χ0v) is 12.1. The van der Waals surface area contributed by atoms with Crippen LogP contribution in [0.1, 0.15) is 24.9 Å². The summed E-state index contributed by atoms with van der Waals surface area (Å²) in [5, 5.41) is 20.3. The Morgan fingerprint density at radius 2 is 2.26 bits per heavy atom. The predicted molar refractivity (Wildman–Crippen MR) is 72.7 cm³/mol. The van der Waals surface area contributed by atoms with E-state index in [-0.39, 0.29) is 12.5 Å². The normalized spacial score (nSPS) is 12.4. The molecule has 0 radical (unpaired) electrons. The number of carbonyl (C=O) groups is 1. The summed E-state index contributed by atoms with van der Waals surface area (Å²) < 4.78 is 2.55. The van der Waals surface area contributed by atoms with Crippen molar-refractivity contribution in [3.63, 3.8) is 0 Å². The smallest absolute Gasteiger partial charge is 0.305 e. The van der Waals surface area contributed by atoms with E-state index in [1.807, 2.05) is 25.1 Å². The number of hydrogen-bond donors (Lipinski definition) is 1. The Morgan fingerprint density at radius 1 is 1.53 bits per heavy atom. The van der Waals surface area contributed by atoms with Gasteiger partial charge in [-0.25, -0.2) is 4.68 Å². The lowest BCUT2D eigenvalue weighted by Crippen LogP contribution is -2.13. The van der Waals surface area contributed by atoms with Crippen molar-refractivity contribution < 1.29 is 9.90 Å². The van der Waals surface area contributed by atoms with Gasteiger partial charge in [-0.2, -0.15) is 0 Å². The molecule has 0 aliphatic heterocycles. The highest BCUT2D eigenvalue weighted by molar-refractivity contribution is 9.10. The molecule has 100 valence electrons. The molecule has 6 nitrogen and oxygen atoms in total. The van der Waals surface area contributed by atoms with Crippen LogP contribution in [-0.2, 0) is 4.79 Å². The van der Waals surface area contributed by atoms with Crippen molar-refractivity contribution in [2.24, 2.45) is 0 Å². The van der Waals surface area contributed by atoms with Gasteiger partial charge in [0.1, 0.15) is 0 Å². The van der Waals surface area contributed by atoms with E-state index in [2.05, 4.69) is 31.5 Å². The number of carboxylic acid groups (broad SMARTS) is 1. The zero-order chi connectivity index (χ0) is 14.0. The molecule has 0 aliphatic rings. The average molecular weight is 325 g/mol. The number of hydrogen-bond acceptors (Lipinski definition) is 4. The largest absolute Gasteiger partial charge is 0.481 e. The van der Waals surface area contributed by atoms with Crippen LogP contribution in [0.25, 0.3) is 11.4 Å². The van der Waals surface area contributed by atoms with Crippen LogP contribution in [0.3, 0.4) is 0 Å². The number of nitrogens with zero attached hydrogens (tertiary/aromatic N) is 4. The van der Waals surface area contributed by atoms with E-state index in [1.165, 1.54) is 4.68 Å². The summed E-state index contributed by atoms with van der Waals surface area (Å²) in [6, 6.07) is 5.48. The molecule has 1 aromatic heterocycles. The maximum Gasteiger partial charge on any atom is 0.305 e. The first-order chi connectivity index (χ1) is 8.99. The molecule has 0 saturated heterocycles. The fourth-order valence-corrected chi connectivity index (χ4v) is 2.05. The van der Waals surface area contributed by atoms with E-state index in [4.69, 9.17) is 5.11 Å². The highest BCUT2D eigenvalue weighted by atomic mass is 79.9. The van der Waals surface area contributed by atoms with Crippen molar-refractivity contribution in [3.8, 4) is 11.4 Å². The minimum absolute atomic E-state index is 0.0203. The van der Waals surface area contributed by atoms with Gasteiger partial charge in [0.05, 0.1) is 12.5 Å². The van der Waals surface area contributed by atoms with E-state index in [9.17, 15) is 4.79 Å². The van der Waals surface area contributed by atoms with Crippen molar-refractivity contribution in [2.75, 3.05) is 0 Å². The number of rotatable bonds is 4. The van der Waals surface area contributed by atoms with Gasteiger partial charge in [-0.1, -0.05) is 15.9 Å². The number of carboxylic acids is 1. The first kappa shape index (κ1) is 13.7. The summed E-state index contributed by atoms with van der Waals surface area (Å²) in [6.45, 7) is 3.75. The highest BCUT2D eigenvalue weighted by Crippen LogP contribution is 2.25. The van der Waals surface area contributed by atoms with Crippen molar-refractivity contribution in [1.29, 1.82) is 0 Å². The molecule has 0 aliphatic carbocycles. The maximum atomic E-state index is 10.8. The molecule has 2 aromatic rings. The minimum Gasteiger partial charge on any atom is -0.481 e. The van der Waals surface area contributed by atoms with E-state index < -0.39 is 5.97 Å². The van der Waals surface area contributed by atoms with Crippen LogP contribution in [0.4, 0.5) is 0 Å². The van der Waals surface area contributed by atoms with Gasteiger partial charge in [-0.05, 0) is 48.0 Å². The van der Waals surface area contributed by atoms with Gasteiger partial charge >= 0.3 is 5.97 Å². The molecule has 19 heavy (non-hydrogen) atoms. The third-order valence-corrected chi connectivity index (χ3v) is 3.69. The lowest BCUT2D eigenvalue weighted by Gasteiger charge is -2.11. The van der Waals surface area contributed by atoms with E-state index in [0.29, 0.717) is 5.82 Å². The summed E-state index contributed by atoms with van der Waals surface area (Å²) >= 11 is 3.44. The third kappa shape index (κ3) is 2.98. The van der Waals surface area contributed by atoms with E-state index in [0.717, 1.165) is 15.6 Å². The van der Waals surface area contributed by atoms with Crippen LogP contribution in [0.15, 0.2) is 22.7 Å². The minimum atomic E-state index is -0.874. The molecule has 0 spiro atoms. The summed E-state index contributed by atoms with van der Waals surface area (Å²) in [6.07, 6.45) is -0.0203. The van der Waals surface area contributed by atoms with Gasteiger partial charge in [-0.15, -0.1) is 5.10 Å². The van der Waals surface area contributed by atoms with Gasteiger partial charge in [0.15, 0.2) is 5.82 Å². The van der Waals surface area contributed by atoms with Crippen molar-refractivity contribution >= 4 is 21.9 Å². The Kier molecular flexibility index (Phi) is 3.94. The quantitative estimate of drug-likeness (QED) is 0.934. The Hall–Kier alpha value is -1.76. The topological polar surface area (TPSA) is 80.9 Å². The molecule has 1 heterocycles. The Bertz CT molecular complexity index is 612. The fraction of sp³-hybridized carbons (Fsp3) is 0.333. The van der Waals surface area contributed by atoms with Gasteiger partial charge in [-0.3, -0.25) is 4.79 Å². The Balaban J connectivity index is 2.38. The molecular formula is C12H13BrN4O2. The molecule has 7 heteroatoms. The number of halogens is 1. The molecule has 0 saturated carbocycles. The van der Waals surface area contributed by atoms with Crippen LogP contribution < -0.4 is 0 Å². The van der Waals surface area contributed by atoms with E-state index in [1.54, 1.807) is 6.92 Å². The number of benzene rings is 1. The van der Waals surface area contributed by atoms with Gasteiger partial charge in [0.25, 0.3) is 0 Å².